The van der Waals surface area contributed by atoms with E-state index in [0.717, 1.165) is 4.90 Å². The fourth-order valence-corrected chi connectivity index (χ4v) is 3.17. The quantitative estimate of drug-likeness (QED) is 0.765. The number of ether oxygens (including phenoxy) is 1. The number of benzene rings is 2. The van der Waals surface area contributed by atoms with Crippen molar-refractivity contribution >= 4 is 50.9 Å². The standard InChI is InChI=1S/C17H12BrClN2O4/c1-21-16(23)11-4-3-10(7-12(11)17(21)24)20-15(22)8-25-14-5-2-9(19)6-13(14)18/h2-7H,8H2,1H3,(H,20,22). The Morgan fingerprint density at radius 1 is 1.16 bits per heavy atom. The van der Waals surface area contributed by atoms with Gasteiger partial charge in [-0.05, 0) is 52.3 Å². The molecule has 1 N–H and O–H groups in total. The van der Waals surface area contributed by atoms with Crippen LogP contribution in [0.15, 0.2) is 40.9 Å². The van der Waals surface area contributed by atoms with Crippen molar-refractivity contribution in [2.45, 2.75) is 0 Å². The number of nitrogens with zero attached hydrogens (tertiary/aromatic N) is 1. The van der Waals surface area contributed by atoms with Crippen LogP contribution in [0.2, 0.25) is 5.02 Å². The first kappa shape index (κ1) is 17.4. The van der Waals surface area contributed by atoms with Crippen LogP contribution in [0.25, 0.3) is 0 Å². The average molecular weight is 424 g/mol. The van der Waals surface area contributed by atoms with Crippen molar-refractivity contribution in [2.75, 3.05) is 19.0 Å². The third-order valence-electron chi connectivity index (χ3n) is 3.63. The monoisotopic (exact) mass is 422 g/mol. The van der Waals surface area contributed by atoms with E-state index >= 15 is 0 Å². The van der Waals surface area contributed by atoms with Gasteiger partial charge in [-0.25, -0.2) is 0 Å². The summed E-state index contributed by atoms with van der Waals surface area (Å²) in [5, 5.41) is 3.18. The Balaban J connectivity index is 1.66. The van der Waals surface area contributed by atoms with Crippen molar-refractivity contribution in [3.8, 4) is 5.75 Å². The van der Waals surface area contributed by atoms with Crippen LogP contribution in [-0.4, -0.2) is 36.3 Å². The minimum atomic E-state index is -0.396. The van der Waals surface area contributed by atoms with Gasteiger partial charge in [0.05, 0.1) is 15.6 Å². The lowest BCUT2D eigenvalue weighted by Crippen LogP contribution is -2.24. The van der Waals surface area contributed by atoms with Gasteiger partial charge in [-0.1, -0.05) is 11.6 Å². The normalized spacial score (nSPS) is 13.0. The second kappa shape index (κ2) is 6.85. The molecule has 0 saturated heterocycles. The maximum absolute atomic E-state index is 12.0. The Bertz CT molecular complexity index is 900. The van der Waals surface area contributed by atoms with Gasteiger partial charge >= 0.3 is 0 Å². The van der Waals surface area contributed by atoms with E-state index < -0.39 is 11.8 Å². The van der Waals surface area contributed by atoms with E-state index in [1.165, 1.54) is 19.2 Å². The lowest BCUT2D eigenvalue weighted by molar-refractivity contribution is -0.118. The van der Waals surface area contributed by atoms with E-state index in [0.29, 0.717) is 26.5 Å². The molecular weight excluding hydrogens is 412 g/mol. The van der Waals surface area contributed by atoms with Crippen molar-refractivity contribution in [1.82, 2.24) is 4.90 Å². The minimum absolute atomic E-state index is 0.218. The number of carbonyl (C=O) groups excluding carboxylic acids is 3. The van der Waals surface area contributed by atoms with Gasteiger partial charge in [0.2, 0.25) is 0 Å². The lowest BCUT2D eigenvalue weighted by atomic mass is 10.1. The van der Waals surface area contributed by atoms with Gasteiger partial charge in [0.15, 0.2) is 6.61 Å². The number of halogens is 2. The first-order chi connectivity index (χ1) is 11.9. The summed E-state index contributed by atoms with van der Waals surface area (Å²) in [7, 11) is 1.42. The van der Waals surface area contributed by atoms with Gasteiger partial charge in [0.25, 0.3) is 17.7 Å². The summed E-state index contributed by atoms with van der Waals surface area (Å²) in [4.78, 5) is 36.9. The molecule has 2 aromatic carbocycles. The number of anilines is 1. The zero-order chi connectivity index (χ0) is 18.1. The van der Waals surface area contributed by atoms with Crippen LogP contribution in [0.1, 0.15) is 20.7 Å². The largest absolute Gasteiger partial charge is 0.483 e. The molecule has 0 bridgehead atoms. The van der Waals surface area contributed by atoms with Gasteiger partial charge in [0, 0.05) is 17.8 Å². The zero-order valence-corrected chi connectivity index (χ0v) is 15.3. The van der Waals surface area contributed by atoms with Crippen LogP contribution in [0.5, 0.6) is 5.75 Å². The van der Waals surface area contributed by atoms with Crippen LogP contribution in [0, 0.1) is 0 Å². The molecule has 0 unspecified atom stereocenters. The van der Waals surface area contributed by atoms with Crippen molar-refractivity contribution in [3.63, 3.8) is 0 Å². The summed E-state index contributed by atoms with van der Waals surface area (Å²) < 4.78 is 6.06. The first-order valence-corrected chi connectivity index (χ1v) is 8.38. The number of rotatable bonds is 4. The van der Waals surface area contributed by atoms with Crippen LogP contribution in [0.3, 0.4) is 0 Å². The maximum Gasteiger partial charge on any atom is 0.262 e. The third-order valence-corrected chi connectivity index (χ3v) is 4.48. The summed E-state index contributed by atoms with van der Waals surface area (Å²) in [6, 6.07) is 9.53. The summed E-state index contributed by atoms with van der Waals surface area (Å²) in [6.45, 7) is -0.218. The van der Waals surface area contributed by atoms with E-state index in [4.69, 9.17) is 16.3 Å². The molecular formula is C17H12BrClN2O4. The number of hydrogen-bond donors (Lipinski definition) is 1. The van der Waals surface area contributed by atoms with E-state index in [1.54, 1.807) is 24.3 Å². The Kier molecular flexibility index (Phi) is 4.78. The summed E-state index contributed by atoms with van der Waals surface area (Å²) in [5.74, 6) is -0.658. The summed E-state index contributed by atoms with van der Waals surface area (Å²) >= 11 is 9.15. The van der Waals surface area contributed by atoms with Crippen molar-refractivity contribution < 1.29 is 19.1 Å². The van der Waals surface area contributed by atoms with E-state index in [9.17, 15) is 14.4 Å². The van der Waals surface area contributed by atoms with Gasteiger partial charge in [0.1, 0.15) is 5.75 Å². The molecule has 0 saturated carbocycles. The Morgan fingerprint density at radius 3 is 2.60 bits per heavy atom. The number of nitrogens with one attached hydrogen (secondary N) is 1. The summed E-state index contributed by atoms with van der Waals surface area (Å²) in [6.07, 6.45) is 0. The molecule has 6 nitrogen and oxygen atoms in total. The number of fused-ring (bicyclic) bond motifs is 1. The molecule has 1 heterocycles. The van der Waals surface area contributed by atoms with Crippen LogP contribution in [0.4, 0.5) is 5.69 Å². The SMILES string of the molecule is CN1C(=O)c2ccc(NC(=O)COc3ccc(Cl)cc3Br)cc2C1=O. The highest BCUT2D eigenvalue weighted by molar-refractivity contribution is 9.10. The number of hydrogen-bond acceptors (Lipinski definition) is 4. The molecule has 0 aliphatic carbocycles. The van der Waals surface area contributed by atoms with Gasteiger partial charge < -0.3 is 10.1 Å². The fourth-order valence-electron chi connectivity index (χ4n) is 2.37. The molecule has 3 rings (SSSR count). The molecule has 25 heavy (non-hydrogen) atoms. The molecule has 0 fully saturated rings. The number of amides is 3. The molecule has 1 aliphatic heterocycles. The zero-order valence-electron chi connectivity index (χ0n) is 13.0. The topological polar surface area (TPSA) is 75.7 Å². The minimum Gasteiger partial charge on any atom is -0.483 e. The van der Waals surface area contributed by atoms with Crippen LogP contribution in [-0.2, 0) is 4.79 Å². The summed E-state index contributed by atoms with van der Waals surface area (Å²) in [5.41, 5.74) is 1.01. The first-order valence-electron chi connectivity index (χ1n) is 7.21. The van der Waals surface area contributed by atoms with Crippen molar-refractivity contribution in [1.29, 1.82) is 0 Å². The van der Waals surface area contributed by atoms with Gasteiger partial charge in [-0.15, -0.1) is 0 Å². The fraction of sp³-hybridized carbons (Fsp3) is 0.118. The molecule has 128 valence electrons. The highest BCUT2D eigenvalue weighted by Crippen LogP contribution is 2.28. The third kappa shape index (κ3) is 3.52. The van der Waals surface area contributed by atoms with Gasteiger partial charge in [-0.2, -0.15) is 0 Å². The second-order valence-corrected chi connectivity index (χ2v) is 6.63. The molecule has 1 aliphatic rings. The molecule has 0 spiro atoms. The smallest absolute Gasteiger partial charge is 0.262 e. The van der Waals surface area contributed by atoms with Gasteiger partial charge in [-0.3, -0.25) is 19.3 Å². The molecule has 0 aromatic heterocycles. The predicted octanol–water partition coefficient (Wildman–Crippen LogP) is 3.35. The number of imide groups is 1. The Hall–Kier alpha value is -2.38. The Morgan fingerprint density at radius 2 is 1.88 bits per heavy atom. The van der Waals surface area contributed by atoms with E-state index in [-0.39, 0.29) is 18.1 Å². The Labute approximate surface area is 156 Å². The highest BCUT2D eigenvalue weighted by Gasteiger charge is 2.32. The second-order valence-electron chi connectivity index (χ2n) is 5.34. The highest BCUT2D eigenvalue weighted by atomic mass is 79.9. The predicted molar refractivity (Wildman–Crippen MR) is 96.1 cm³/mol. The van der Waals surface area contributed by atoms with Crippen LogP contribution < -0.4 is 10.1 Å². The molecule has 0 radical (unpaired) electrons. The maximum atomic E-state index is 12.0. The number of carbonyl (C=O) groups is 3. The van der Waals surface area contributed by atoms with E-state index in [1.807, 2.05) is 0 Å². The molecule has 0 atom stereocenters. The van der Waals surface area contributed by atoms with Crippen molar-refractivity contribution in [3.05, 3.63) is 57.0 Å². The molecule has 8 heteroatoms. The lowest BCUT2D eigenvalue weighted by Gasteiger charge is -2.09. The molecule has 2 aromatic rings. The molecule has 3 amide bonds. The average Bonchev–Trinajstić information content (AvgIpc) is 2.78. The van der Waals surface area contributed by atoms with Crippen molar-refractivity contribution in [2.24, 2.45) is 0 Å². The van der Waals surface area contributed by atoms with E-state index in [2.05, 4.69) is 21.2 Å². The van der Waals surface area contributed by atoms with Crippen LogP contribution >= 0.6 is 27.5 Å².